The van der Waals surface area contributed by atoms with E-state index in [0.717, 1.165) is 30.3 Å². The molecule has 1 aromatic carbocycles. The molecule has 6 nitrogen and oxygen atoms in total. The average Bonchev–Trinajstić information content (AvgIpc) is 3.30. The van der Waals surface area contributed by atoms with E-state index >= 15 is 0 Å². The van der Waals surface area contributed by atoms with Gasteiger partial charge in [-0.1, -0.05) is 0 Å². The summed E-state index contributed by atoms with van der Waals surface area (Å²) in [6.07, 6.45) is 4.15. The highest BCUT2D eigenvalue weighted by atomic mass is 127. The Morgan fingerprint density at radius 3 is 2.60 bits per heavy atom. The predicted molar refractivity (Wildman–Crippen MR) is 111 cm³/mol. The second-order valence-electron chi connectivity index (χ2n) is 5.85. The number of halogens is 1. The van der Waals surface area contributed by atoms with Gasteiger partial charge >= 0.3 is 0 Å². The molecule has 25 heavy (non-hydrogen) atoms. The molecule has 0 bridgehead atoms. The largest absolute Gasteiger partial charge is 0.497 e. The van der Waals surface area contributed by atoms with Crippen LogP contribution in [0.1, 0.15) is 24.6 Å². The lowest BCUT2D eigenvalue weighted by Gasteiger charge is -2.24. The highest BCUT2D eigenvalue weighted by Gasteiger charge is 2.25. The van der Waals surface area contributed by atoms with Crippen molar-refractivity contribution in [3.63, 3.8) is 0 Å². The molecule has 0 radical (unpaired) electrons. The molecule has 3 rings (SSSR count). The molecular formula is C18H25IN4O2. The van der Waals surface area contributed by atoms with Crippen molar-refractivity contribution in [3.8, 4) is 5.75 Å². The van der Waals surface area contributed by atoms with Crippen molar-refractivity contribution >= 4 is 35.6 Å². The van der Waals surface area contributed by atoms with E-state index < -0.39 is 0 Å². The molecule has 1 fully saturated rings. The van der Waals surface area contributed by atoms with Crippen LogP contribution in [-0.4, -0.2) is 37.6 Å². The van der Waals surface area contributed by atoms with Crippen LogP contribution in [0.2, 0.25) is 0 Å². The molecule has 1 saturated heterocycles. The van der Waals surface area contributed by atoms with Crippen LogP contribution < -0.4 is 15.8 Å². The van der Waals surface area contributed by atoms with Crippen molar-refractivity contribution in [1.82, 2.24) is 4.90 Å². The molecule has 2 aromatic rings. The molecule has 1 aromatic heterocycles. The van der Waals surface area contributed by atoms with Gasteiger partial charge in [-0.15, -0.1) is 24.0 Å². The van der Waals surface area contributed by atoms with E-state index in [0.29, 0.717) is 12.5 Å². The number of nitrogens with zero attached hydrogens (tertiary/aromatic N) is 2. The van der Waals surface area contributed by atoms with Crippen LogP contribution in [0.15, 0.2) is 52.1 Å². The van der Waals surface area contributed by atoms with Gasteiger partial charge in [0.15, 0.2) is 5.96 Å². The first-order valence-corrected chi connectivity index (χ1v) is 8.24. The predicted octanol–water partition coefficient (Wildman–Crippen LogP) is 3.47. The molecule has 1 unspecified atom stereocenters. The third-order valence-electron chi connectivity index (χ3n) is 4.25. The van der Waals surface area contributed by atoms with Crippen LogP contribution in [0.4, 0.5) is 5.69 Å². The monoisotopic (exact) mass is 456 g/mol. The number of nitrogens with one attached hydrogen (secondary N) is 1. The number of benzene rings is 1. The zero-order valence-corrected chi connectivity index (χ0v) is 16.7. The van der Waals surface area contributed by atoms with Crippen molar-refractivity contribution in [1.29, 1.82) is 0 Å². The number of rotatable bonds is 6. The second-order valence-corrected chi connectivity index (χ2v) is 5.85. The quantitative estimate of drug-likeness (QED) is 0.396. The fraction of sp³-hybridized carbons (Fsp3) is 0.389. The van der Waals surface area contributed by atoms with Crippen molar-refractivity contribution in [3.05, 3.63) is 48.4 Å². The summed E-state index contributed by atoms with van der Waals surface area (Å²) in [6.45, 7) is 2.72. The van der Waals surface area contributed by atoms with Crippen LogP contribution in [0.5, 0.6) is 5.75 Å². The van der Waals surface area contributed by atoms with Gasteiger partial charge in [0.05, 0.1) is 26.0 Å². The Balaban J connectivity index is 0.00000225. The van der Waals surface area contributed by atoms with Gasteiger partial charge < -0.3 is 20.2 Å². The zero-order chi connectivity index (χ0) is 16.8. The summed E-state index contributed by atoms with van der Waals surface area (Å²) in [6, 6.07) is 11.6. The Hall–Kier alpha value is -1.74. The Labute approximate surface area is 165 Å². The first-order valence-electron chi connectivity index (χ1n) is 8.24. The molecule has 0 spiro atoms. The molecule has 0 aliphatic carbocycles. The second kappa shape index (κ2) is 9.67. The highest BCUT2D eigenvalue weighted by Crippen LogP contribution is 2.25. The first kappa shape index (κ1) is 19.6. The minimum atomic E-state index is 0. The fourth-order valence-electron chi connectivity index (χ4n) is 2.97. The first-order chi connectivity index (χ1) is 11.8. The Bertz CT molecular complexity index is 652. The molecule has 0 saturated carbocycles. The van der Waals surface area contributed by atoms with Gasteiger partial charge in [0.25, 0.3) is 0 Å². The smallest absolute Gasteiger partial charge is 0.193 e. The van der Waals surface area contributed by atoms with Crippen molar-refractivity contribution < 1.29 is 9.15 Å². The van der Waals surface area contributed by atoms with Gasteiger partial charge in [0.2, 0.25) is 0 Å². The summed E-state index contributed by atoms with van der Waals surface area (Å²) in [7, 11) is 1.64. The topological polar surface area (TPSA) is 76.0 Å². The van der Waals surface area contributed by atoms with Gasteiger partial charge in [-0.3, -0.25) is 9.89 Å². The summed E-state index contributed by atoms with van der Waals surface area (Å²) < 4.78 is 10.7. The maximum absolute atomic E-state index is 6.04. The molecule has 7 heteroatoms. The standard InChI is InChI=1S/C18H24N4O2.HI/c1-23-15-8-6-14(7-9-15)21-18(19)20-13-16(17-5-4-12-24-17)22-10-2-3-11-22;/h4-9,12,16H,2-3,10-11,13H2,1H3,(H3,19,20,21);1H. The minimum absolute atomic E-state index is 0. The molecule has 1 atom stereocenters. The van der Waals surface area contributed by atoms with Gasteiger partial charge in [0.1, 0.15) is 11.5 Å². The third-order valence-corrected chi connectivity index (χ3v) is 4.25. The Morgan fingerprint density at radius 2 is 2.00 bits per heavy atom. The van der Waals surface area contributed by atoms with Gasteiger partial charge in [-0.05, 0) is 62.3 Å². The van der Waals surface area contributed by atoms with Crippen LogP contribution in [0.3, 0.4) is 0 Å². The number of ether oxygens (including phenoxy) is 1. The van der Waals surface area contributed by atoms with Crippen molar-refractivity contribution in [2.24, 2.45) is 10.7 Å². The molecule has 0 amide bonds. The lowest BCUT2D eigenvalue weighted by molar-refractivity contribution is 0.221. The highest BCUT2D eigenvalue weighted by molar-refractivity contribution is 14.0. The van der Waals surface area contributed by atoms with E-state index in [1.807, 2.05) is 36.4 Å². The Kier molecular flexibility index (Phi) is 7.57. The number of hydrogen-bond acceptors (Lipinski definition) is 4. The van der Waals surface area contributed by atoms with E-state index in [4.69, 9.17) is 14.9 Å². The molecule has 136 valence electrons. The number of methoxy groups -OCH3 is 1. The molecule has 3 N–H and O–H groups in total. The summed E-state index contributed by atoms with van der Waals surface area (Å²) in [5.41, 5.74) is 6.92. The van der Waals surface area contributed by atoms with Gasteiger partial charge in [-0.2, -0.15) is 0 Å². The van der Waals surface area contributed by atoms with Crippen molar-refractivity contribution in [2.75, 3.05) is 32.1 Å². The van der Waals surface area contributed by atoms with Gasteiger partial charge in [0, 0.05) is 5.69 Å². The van der Waals surface area contributed by atoms with Crippen LogP contribution >= 0.6 is 24.0 Å². The Morgan fingerprint density at radius 1 is 1.28 bits per heavy atom. The van der Waals surface area contributed by atoms with Crippen molar-refractivity contribution in [2.45, 2.75) is 18.9 Å². The van der Waals surface area contributed by atoms with E-state index in [-0.39, 0.29) is 30.0 Å². The fourth-order valence-corrected chi connectivity index (χ4v) is 2.97. The average molecular weight is 456 g/mol. The number of nitrogens with two attached hydrogens (primary N) is 1. The number of hydrogen-bond donors (Lipinski definition) is 2. The number of aliphatic imine (C=N–C) groups is 1. The maximum Gasteiger partial charge on any atom is 0.193 e. The number of likely N-dealkylation sites (tertiary alicyclic amines) is 1. The summed E-state index contributed by atoms with van der Waals surface area (Å²) in [5.74, 6) is 2.15. The molecule has 1 aliphatic rings. The maximum atomic E-state index is 6.04. The van der Waals surface area contributed by atoms with Gasteiger partial charge in [-0.25, -0.2) is 0 Å². The lowest BCUT2D eigenvalue weighted by Crippen LogP contribution is -2.30. The van der Waals surface area contributed by atoms with E-state index in [1.165, 1.54) is 12.8 Å². The molecular weight excluding hydrogens is 431 g/mol. The van der Waals surface area contributed by atoms with E-state index in [1.54, 1.807) is 13.4 Å². The number of furan rings is 1. The minimum Gasteiger partial charge on any atom is -0.497 e. The number of anilines is 1. The molecule has 2 heterocycles. The van der Waals surface area contributed by atoms with E-state index in [9.17, 15) is 0 Å². The lowest BCUT2D eigenvalue weighted by atomic mass is 10.2. The molecule has 1 aliphatic heterocycles. The SMILES string of the molecule is COc1ccc(NC(N)=NCC(c2ccco2)N2CCCC2)cc1.I. The zero-order valence-electron chi connectivity index (χ0n) is 14.4. The summed E-state index contributed by atoms with van der Waals surface area (Å²) in [5, 5.41) is 3.11. The van der Waals surface area contributed by atoms with E-state index in [2.05, 4.69) is 15.2 Å². The van der Waals surface area contributed by atoms with Crippen LogP contribution in [-0.2, 0) is 0 Å². The summed E-state index contributed by atoms with van der Waals surface area (Å²) >= 11 is 0. The normalized spacial score (nSPS) is 16.3. The third kappa shape index (κ3) is 5.37. The van der Waals surface area contributed by atoms with Crippen LogP contribution in [0.25, 0.3) is 0 Å². The summed E-state index contributed by atoms with van der Waals surface area (Å²) in [4.78, 5) is 6.92. The van der Waals surface area contributed by atoms with Crippen LogP contribution in [0, 0.1) is 0 Å². The number of guanidine groups is 1.